The molecule has 0 bridgehead atoms. The number of tetrazole rings is 1. The van der Waals surface area contributed by atoms with Crippen LogP contribution in [0.4, 0.5) is 11.4 Å². The summed E-state index contributed by atoms with van der Waals surface area (Å²) in [6.07, 6.45) is 0. The van der Waals surface area contributed by atoms with Crippen molar-refractivity contribution >= 4 is 38.9 Å². The molecule has 0 unspecified atom stereocenters. The maximum Gasteiger partial charge on any atom is 0.261 e. The van der Waals surface area contributed by atoms with Crippen LogP contribution in [0.2, 0.25) is 5.02 Å². The van der Waals surface area contributed by atoms with E-state index in [1.807, 2.05) is 19.1 Å². The number of aromatic nitrogens is 4. The normalized spacial score (nSPS) is 11.2. The molecular weight excluding hydrogens is 464 g/mol. The Hall–Kier alpha value is -3.76. The molecule has 0 radical (unpaired) electrons. The molecule has 168 valence electrons. The van der Waals surface area contributed by atoms with Crippen LogP contribution in [0, 0.1) is 6.92 Å². The van der Waals surface area contributed by atoms with Gasteiger partial charge in [-0.3, -0.25) is 9.52 Å². The summed E-state index contributed by atoms with van der Waals surface area (Å²) in [5, 5.41) is 15.3. The smallest absolute Gasteiger partial charge is 0.261 e. The number of aryl methyl sites for hydroxylation is 1. The number of nitrogens with one attached hydrogen (secondary N) is 2. The second-order valence-electron chi connectivity index (χ2n) is 7.16. The van der Waals surface area contributed by atoms with Crippen LogP contribution in [0.15, 0.2) is 77.7 Å². The first-order valence-electron chi connectivity index (χ1n) is 9.82. The van der Waals surface area contributed by atoms with Crippen molar-refractivity contribution in [3.8, 4) is 11.4 Å². The van der Waals surface area contributed by atoms with Crippen LogP contribution in [0.3, 0.4) is 0 Å². The number of halogens is 1. The first-order valence-corrected chi connectivity index (χ1v) is 11.7. The summed E-state index contributed by atoms with van der Waals surface area (Å²) >= 11 is 5.85. The maximum absolute atomic E-state index is 12.8. The van der Waals surface area contributed by atoms with Gasteiger partial charge in [0.2, 0.25) is 11.7 Å². The quantitative estimate of drug-likeness (QED) is 0.414. The Balaban J connectivity index is 1.51. The number of hydrogen-bond donors (Lipinski definition) is 2. The Morgan fingerprint density at radius 2 is 1.70 bits per heavy atom. The van der Waals surface area contributed by atoms with Gasteiger partial charge in [0.25, 0.3) is 10.0 Å². The average molecular weight is 483 g/mol. The summed E-state index contributed by atoms with van der Waals surface area (Å²) in [6.45, 7) is 1.80. The van der Waals surface area contributed by atoms with E-state index in [0.717, 1.165) is 10.4 Å². The van der Waals surface area contributed by atoms with Crippen LogP contribution in [-0.4, -0.2) is 34.5 Å². The number of benzene rings is 3. The second kappa shape index (κ2) is 9.39. The molecule has 1 heterocycles. The Labute approximate surface area is 195 Å². The number of nitrogens with zero attached hydrogens (tertiary/aromatic N) is 4. The minimum Gasteiger partial charge on any atom is -0.324 e. The van der Waals surface area contributed by atoms with Gasteiger partial charge in [0.05, 0.1) is 10.6 Å². The van der Waals surface area contributed by atoms with Crippen molar-refractivity contribution in [1.29, 1.82) is 0 Å². The predicted molar refractivity (Wildman–Crippen MR) is 125 cm³/mol. The molecule has 9 nitrogen and oxygen atoms in total. The number of hydrogen-bond acceptors (Lipinski definition) is 6. The van der Waals surface area contributed by atoms with E-state index in [2.05, 4.69) is 25.4 Å². The Kier molecular flexibility index (Phi) is 6.38. The lowest BCUT2D eigenvalue weighted by atomic mass is 10.2. The van der Waals surface area contributed by atoms with Crippen LogP contribution in [0.5, 0.6) is 0 Å². The summed E-state index contributed by atoms with van der Waals surface area (Å²) in [5.41, 5.74) is 2.44. The molecule has 11 heteroatoms. The topological polar surface area (TPSA) is 119 Å². The Bertz CT molecular complexity index is 1390. The van der Waals surface area contributed by atoms with Gasteiger partial charge in [-0.2, -0.15) is 4.80 Å². The van der Waals surface area contributed by atoms with Gasteiger partial charge in [-0.1, -0.05) is 41.4 Å². The minimum atomic E-state index is -3.87. The number of rotatable bonds is 7. The van der Waals surface area contributed by atoms with Crippen LogP contribution in [0.25, 0.3) is 11.4 Å². The van der Waals surface area contributed by atoms with Crippen molar-refractivity contribution in [2.75, 3.05) is 10.0 Å². The number of anilines is 2. The zero-order valence-corrected chi connectivity index (χ0v) is 19.0. The van der Waals surface area contributed by atoms with Gasteiger partial charge in [0, 0.05) is 16.3 Å². The van der Waals surface area contributed by atoms with E-state index in [4.69, 9.17) is 11.6 Å². The molecule has 0 aliphatic carbocycles. The van der Waals surface area contributed by atoms with Crippen molar-refractivity contribution in [3.05, 3.63) is 83.4 Å². The largest absolute Gasteiger partial charge is 0.324 e. The molecule has 4 rings (SSSR count). The molecule has 0 spiro atoms. The van der Waals surface area contributed by atoms with Crippen molar-refractivity contribution < 1.29 is 13.2 Å². The molecule has 3 aromatic carbocycles. The third-order valence-corrected chi connectivity index (χ3v) is 6.24. The molecule has 1 amide bonds. The standard InChI is InChI=1S/C22H19ClN6O3S/c1-15-6-10-17(11-7-15)24-21(30)14-29-26-22(25-28-29)19-4-2-3-5-20(19)27-33(31,32)18-12-8-16(23)9-13-18/h2-13,27H,14H2,1H3,(H,24,30). The van der Waals surface area contributed by atoms with Gasteiger partial charge in [0.1, 0.15) is 6.54 Å². The van der Waals surface area contributed by atoms with E-state index in [1.54, 1.807) is 36.4 Å². The number of para-hydroxylation sites is 1. The third-order valence-electron chi connectivity index (χ3n) is 4.61. The monoisotopic (exact) mass is 482 g/mol. The number of amides is 1. The van der Waals surface area contributed by atoms with Gasteiger partial charge < -0.3 is 5.32 Å². The number of carbonyl (C=O) groups excluding carboxylic acids is 1. The lowest BCUT2D eigenvalue weighted by molar-refractivity contribution is -0.117. The molecule has 0 saturated carbocycles. The van der Waals surface area contributed by atoms with E-state index in [1.165, 1.54) is 24.3 Å². The molecule has 0 fully saturated rings. The number of carbonyl (C=O) groups is 1. The van der Waals surface area contributed by atoms with E-state index in [-0.39, 0.29) is 28.9 Å². The molecule has 2 N–H and O–H groups in total. The van der Waals surface area contributed by atoms with Crippen LogP contribution < -0.4 is 10.0 Å². The van der Waals surface area contributed by atoms with Gasteiger partial charge in [-0.25, -0.2) is 8.42 Å². The molecule has 0 aliphatic rings. The van der Waals surface area contributed by atoms with Gasteiger partial charge >= 0.3 is 0 Å². The van der Waals surface area contributed by atoms with Gasteiger partial charge in [-0.05, 0) is 60.7 Å². The van der Waals surface area contributed by atoms with Crippen molar-refractivity contribution in [2.45, 2.75) is 18.4 Å². The lowest BCUT2D eigenvalue weighted by Crippen LogP contribution is -2.20. The maximum atomic E-state index is 12.8. The van der Waals surface area contributed by atoms with Crippen molar-refractivity contribution in [1.82, 2.24) is 20.2 Å². The third kappa shape index (κ3) is 5.54. The Morgan fingerprint density at radius 3 is 2.42 bits per heavy atom. The summed E-state index contributed by atoms with van der Waals surface area (Å²) in [7, 11) is -3.87. The highest BCUT2D eigenvalue weighted by Crippen LogP contribution is 2.27. The van der Waals surface area contributed by atoms with Crippen LogP contribution >= 0.6 is 11.6 Å². The molecule has 4 aromatic rings. The fraction of sp³-hybridized carbons (Fsp3) is 0.0909. The summed E-state index contributed by atoms with van der Waals surface area (Å²) in [5.74, 6) is -0.146. The highest BCUT2D eigenvalue weighted by atomic mass is 35.5. The number of sulfonamides is 1. The molecule has 0 atom stereocenters. The summed E-state index contributed by atoms with van der Waals surface area (Å²) < 4.78 is 28.1. The fourth-order valence-corrected chi connectivity index (χ4v) is 4.17. The molecular formula is C22H19ClN6O3S. The first-order chi connectivity index (χ1) is 15.8. The van der Waals surface area contributed by atoms with E-state index in [0.29, 0.717) is 16.3 Å². The Morgan fingerprint density at radius 1 is 1.00 bits per heavy atom. The zero-order chi connectivity index (χ0) is 23.4. The molecule has 0 aliphatic heterocycles. The van der Waals surface area contributed by atoms with Gasteiger partial charge in [-0.15, -0.1) is 10.2 Å². The SMILES string of the molecule is Cc1ccc(NC(=O)Cn2nnc(-c3ccccc3NS(=O)(=O)c3ccc(Cl)cc3)n2)cc1. The predicted octanol–water partition coefficient (Wildman–Crippen LogP) is 3.74. The van der Waals surface area contributed by atoms with E-state index < -0.39 is 10.0 Å². The van der Waals surface area contributed by atoms with Gasteiger partial charge in [0.15, 0.2) is 0 Å². The van der Waals surface area contributed by atoms with E-state index in [9.17, 15) is 13.2 Å². The van der Waals surface area contributed by atoms with Crippen LogP contribution in [-0.2, 0) is 21.4 Å². The minimum absolute atomic E-state index is 0.0612. The lowest BCUT2D eigenvalue weighted by Gasteiger charge is -2.11. The van der Waals surface area contributed by atoms with Crippen molar-refractivity contribution in [3.63, 3.8) is 0 Å². The van der Waals surface area contributed by atoms with Crippen LogP contribution in [0.1, 0.15) is 5.56 Å². The van der Waals surface area contributed by atoms with E-state index >= 15 is 0 Å². The average Bonchev–Trinajstić information content (AvgIpc) is 3.24. The fourth-order valence-electron chi connectivity index (χ4n) is 2.97. The molecule has 33 heavy (non-hydrogen) atoms. The molecule has 1 aromatic heterocycles. The highest BCUT2D eigenvalue weighted by molar-refractivity contribution is 7.92. The summed E-state index contributed by atoms with van der Waals surface area (Å²) in [6, 6.07) is 19.9. The first kappa shape index (κ1) is 22.4. The summed E-state index contributed by atoms with van der Waals surface area (Å²) in [4.78, 5) is 13.5. The van der Waals surface area contributed by atoms with Crippen molar-refractivity contribution in [2.24, 2.45) is 0 Å². The zero-order valence-electron chi connectivity index (χ0n) is 17.4. The second-order valence-corrected chi connectivity index (χ2v) is 9.28. The molecule has 0 saturated heterocycles. The highest BCUT2D eigenvalue weighted by Gasteiger charge is 2.19.